The van der Waals surface area contributed by atoms with Crippen molar-refractivity contribution in [3.8, 4) is 0 Å². The quantitative estimate of drug-likeness (QED) is 0.657. The van der Waals surface area contributed by atoms with Crippen molar-refractivity contribution >= 4 is 12.0 Å². The SMILES string of the molecule is CC(C)(C)C(NC(=O)NCCCn1ccnn1)C(=O)O. The number of nitrogens with zero attached hydrogens (tertiary/aromatic N) is 3. The van der Waals surface area contributed by atoms with Crippen LogP contribution >= 0.6 is 0 Å². The normalized spacial score (nSPS) is 12.8. The summed E-state index contributed by atoms with van der Waals surface area (Å²) in [5, 5.41) is 21.7. The van der Waals surface area contributed by atoms with Gasteiger partial charge in [0.1, 0.15) is 6.04 Å². The highest BCUT2D eigenvalue weighted by atomic mass is 16.4. The maximum absolute atomic E-state index is 11.6. The molecule has 0 saturated carbocycles. The lowest BCUT2D eigenvalue weighted by Crippen LogP contribution is -2.52. The van der Waals surface area contributed by atoms with E-state index >= 15 is 0 Å². The van der Waals surface area contributed by atoms with Gasteiger partial charge < -0.3 is 15.7 Å². The van der Waals surface area contributed by atoms with Crippen LogP contribution < -0.4 is 10.6 Å². The Morgan fingerprint density at radius 2 is 2.10 bits per heavy atom. The first-order valence-electron chi connectivity index (χ1n) is 6.42. The van der Waals surface area contributed by atoms with E-state index in [1.807, 2.05) is 0 Å². The number of amides is 2. The zero-order chi connectivity index (χ0) is 15.2. The van der Waals surface area contributed by atoms with Gasteiger partial charge in [-0.25, -0.2) is 9.59 Å². The van der Waals surface area contributed by atoms with Crippen molar-refractivity contribution in [2.75, 3.05) is 6.54 Å². The van der Waals surface area contributed by atoms with E-state index in [4.69, 9.17) is 5.11 Å². The van der Waals surface area contributed by atoms with E-state index < -0.39 is 23.5 Å². The van der Waals surface area contributed by atoms with Gasteiger partial charge in [0.2, 0.25) is 0 Å². The van der Waals surface area contributed by atoms with Crippen molar-refractivity contribution in [3.05, 3.63) is 12.4 Å². The van der Waals surface area contributed by atoms with Gasteiger partial charge in [0.15, 0.2) is 0 Å². The van der Waals surface area contributed by atoms with Gasteiger partial charge in [0.05, 0.1) is 6.20 Å². The molecule has 0 fully saturated rings. The first-order chi connectivity index (χ1) is 9.30. The van der Waals surface area contributed by atoms with E-state index in [0.29, 0.717) is 19.5 Å². The Labute approximate surface area is 117 Å². The highest BCUT2D eigenvalue weighted by Gasteiger charge is 2.32. The van der Waals surface area contributed by atoms with Crippen LogP contribution in [0.15, 0.2) is 12.4 Å². The number of urea groups is 1. The smallest absolute Gasteiger partial charge is 0.326 e. The number of nitrogens with one attached hydrogen (secondary N) is 2. The number of aromatic nitrogens is 3. The van der Waals surface area contributed by atoms with Gasteiger partial charge in [-0.2, -0.15) is 0 Å². The van der Waals surface area contributed by atoms with Crippen LogP contribution in [0.5, 0.6) is 0 Å². The van der Waals surface area contributed by atoms with Crippen LogP contribution in [-0.4, -0.2) is 44.7 Å². The number of rotatable bonds is 6. The highest BCUT2D eigenvalue weighted by molar-refractivity contribution is 5.83. The second-order valence-electron chi connectivity index (χ2n) is 5.56. The first-order valence-corrected chi connectivity index (χ1v) is 6.42. The number of carbonyl (C=O) groups excluding carboxylic acids is 1. The summed E-state index contributed by atoms with van der Waals surface area (Å²) >= 11 is 0. The van der Waals surface area contributed by atoms with E-state index in [1.54, 1.807) is 37.8 Å². The molecule has 2 amide bonds. The molecule has 0 aliphatic rings. The van der Waals surface area contributed by atoms with E-state index in [2.05, 4.69) is 20.9 Å². The third-order valence-corrected chi connectivity index (χ3v) is 2.71. The number of hydrogen-bond donors (Lipinski definition) is 3. The zero-order valence-corrected chi connectivity index (χ0v) is 12.0. The van der Waals surface area contributed by atoms with Crippen LogP contribution in [-0.2, 0) is 11.3 Å². The molecule has 1 atom stereocenters. The fourth-order valence-corrected chi connectivity index (χ4v) is 1.63. The monoisotopic (exact) mass is 283 g/mol. The Balaban J connectivity index is 2.30. The molecule has 1 rings (SSSR count). The second kappa shape index (κ2) is 6.88. The minimum absolute atomic E-state index is 0.433. The largest absolute Gasteiger partial charge is 0.480 e. The average molecular weight is 283 g/mol. The van der Waals surface area contributed by atoms with Gasteiger partial charge in [-0.15, -0.1) is 5.10 Å². The van der Waals surface area contributed by atoms with E-state index in [9.17, 15) is 9.59 Å². The van der Waals surface area contributed by atoms with Crippen molar-refractivity contribution < 1.29 is 14.7 Å². The summed E-state index contributed by atoms with van der Waals surface area (Å²) in [6.07, 6.45) is 4.01. The van der Waals surface area contributed by atoms with Crippen LogP contribution in [0.4, 0.5) is 4.79 Å². The Kier molecular flexibility index (Phi) is 5.48. The summed E-state index contributed by atoms with van der Waals surface area (Å²) in [7, 11) is 0. The van der Waals surface area contributed by atoms with Crippen molar-refractivity contribution in [3.63, 3.8) is 0 Å². The molecule has 0 bridgehead atoms. The molecular formula is C12H21N5O3. The molecule has 0 spiro atoms. The second-order valence-corrected chi connectivity index (χ2v) is 5.56. The average Bonchev–Trinajstić information content (AvgIpc) is 2.83. The number of hydrogen-bond acceptors (Lipinski definition) is 4. The Hall–Kier alpha value is -2.12. The highest BCUT2D eigenvalue weighted by Crippen LogP contribution is 2.19. The van der Waals surface area contributed by atoms with Crippen molar-refractivity contribution in [1.29, 1.82) is 0 Å². The van der Waals surface area contributed by atoms with Gasteiger partial charge >= 0.3 is 12.0 Å². The predicted octanol–water partition coefficient (Wildman–Crippen LogP) is 0.467. The fraction of sp³-hybridized carbons (Fsp3) is 0.667. The molecule has 0 aliphatic carbocycles. The number of aliphatic carboxylic acids is 1. The van der Waals surface area contributed by atoms with Crippen LogP contribution in [0.2, 0.25) is 0 Å². The Morgan fingerprint density at radius 1 is 1.40 bits per heavy atom. The lowest BCUT2D eigenvalue weighted by molar-refractivity contribution is -0.141. The third kappa shape index (κ3) is 5.25. The summed E-state index contributed by atoms with van der Waals surface area (Å²) in [5.74, 6) is -1.05. The van der Waals surface area contributed by atoms with Crippen molar-refractivity contribution in [2.45, 2.75) is 39.8 Å². The number of carboxylic acids is 1. The van der Waals surface area contributed by atoms with Gasteiger partial charge in [-0.1, -0.05) is 26.0 Å². The minimum Gasteiger partial charge on any atom is -0.480 e. The third-order valence-electron chi connectivity index (χ3n) is 2.71. The number of carbonyl (C=O) groups is 2. The standard InChI is InChI=1S/C12H21N5O3/c1-12(2,3)9(10(18)19)15-11(20)13-5-4-7-17-8-6-14-16-17/h6,8-9H,4-5,7H2,1-3H3,(H,18,19)(H2,13,15,20). The summed E-state index contributed by atoms with van der Waals surface area (Å²) < 4.78 is 1.66. The Bertz CT molecular complexity index is 438. The molecule has 0 aliphatic heterocycles. The molecule has 8 heteroatoms. The summed E-state index contributed by atoms with van der Waals surface area (Å²) in [4.78, 5) is 22.8. The molecule has 3 N–H and O–H groups in total. The lowest BCUT2D eigenvalue weighted by atomic mass is 9.87. The summed E-state index contributed by atoms with van der Waals surface area (Å²) in [6.45, 7) is 6.36. The molecular weight excluding hydrogens is 262 g/mol. The maximum atomic E-state index is 11.6. The molecule has 0 aromatic carbocycles. The Morgan fingerprint density at radius 3 is 2.60 bits per heavy atom. The molecule has 1 unspecified atom stereocenters. The summed E-state index contributed by atoms with van der Waals surface area (Å²) in [5.41, 5.74) is -0.552. The van der Waals surface area contributed by atoms with Gasteiger partial charge in [-0.05, 0) is 11.8 Å². The van der Waals surface area contributed by atoms with E-state index in [-0.39, 0.29) is 0 Å². The molecule has 1 heterocycles. The molecule has 8 nitrogen and oxygen atoms in total. The van der Waals surface area contributed by atoms with Crippen LogP contribution in [0.25, 0.3) is 0 Å². The van der Waals surface area contributed by atoms with E-state index in [1.165, 1.54) is 0 Å². The minimum atomic E-state index is -1.05. The molecule has 20 heavy (non-hydrogen) atoms. The fourth-order valence-electron chi connectivity index (χ4n) is 1.63. The summed E-state index contributed by atoms with van der Waals surface area (Å²) in [6, 6.07) is -1.41. The predicted molar refractivity (Wildman–Crippen MR) is 72.1 cm³/mol. The molecule has 112 valence electrons. The van der Waals surface area contributed by atoms with Gasteiger partial charge in [-0.3, -0.25) is 4.68 Å². The van der Waals surface area contributed by atoms with Gasteiger partial charge in [0.25, 0.3) is 0 Å². The van der Waals surface area contributed by atoms with Crippen LogP contribution in [0.3, 0.4) is 0 Å². The zero-order valence-electron chi connectivity index (χ0n) is 12.0. The molecule has 0 radical (unpaired) electrons. The van der Waals surface area contributed by atoms with Crippen LogP contribution in [0, 0.1) is 5.41 Å². The topological polar surface area (TPSA) is 109 Å². The lowest BCUT2D eigenvalue weighted by Gasteiger charge is -2.27. The van der Waals surface area contributed by atoms with Crippen molar-refractivity contribution in [1.82, 2.24) is 25.6 Å². The van der Waals surface area contributed by atoms with Gasteiger partial charge in [0, 0.05) is 19.3 Å². The number of aryl methyl sites for hydroxylation is 1. The number of carboxylic acid groups (broad SMARTS) is 1. The van der Waals surface area contributed by atoms with E-state index in [0.717, 1.165) is 0 Å². The first kappa shape index (κ1) is 15.9. The van der Waals surface area contributed by atoms with Crippen molar-refractivity contribution in [2.24, 2.45) is 5.41 Å². The molecule has 1 aromatic heterocycles. The molecule has 1 aromatic rings. The molecule has 0 saturated heterocycles. The van der Waals surface area contributed by atoms with Crippen LogP contribution in [0.1, 0.15) is 27.2 Å². The maximum Gasteiger partial charge on any atom is 0.326 e.